The summed E-state index contributed by atoms with van der Waals surface area (Å²) in [7, 11) is 1.99. The third-order valence-corrected chi connectivity index (χ3v) is 6.17. The molecule has 1 fully saturated rings. The SMILES string of the molecule is Cn1cc(C[C@H]2NC(=O)[C@@H](CSCc3ccccc3)NC2=O)c2ccccc21. The summed E-state index contributed by atoms with van der Waals surface area (Å²) in [4.78, 5) is 25.1. The molecular formula is C22H23N3O2S. The number of aromatic nitrogens is 1. The van der Waals surface area contributed by atoms with E-state index in [1.54, 1.807) is 11.8 Å². The number of amides is 2. The van der Waals surface area contributed by atoms with Crippen LogP contribution in [0, 0.1) is 0 Å². The largest absolute Gasteiger partial charge is 0.350 e. The Hall–Kier alpha value is -2.73. The number of carbonyl (C=O) groups is 2. The van der Waals surface area contributed by atoms with Crippen LogP contribution in [-0.4, -0.2) is 34.2 Å². The number of carbonyl (C=O) groups excluding carboxylic acids is 2. The Morgan fingerprint density at radius 1 is 0.929 bits per heavy atom. The first-order chi connectivity index (χ1) is 13.6. The second kappa shape index (κ2) is 8.10. The minimum atomic E-state index is -0.534. The molecule has 1 aromatic heterocycles. The van der Waals surface area contributed by atoms with E-state index in [1.165, 1.54) is 5.56 Å². The van der Waals surface area contributed by atoms with Crippen LogP contribution in [0.1, 0.15) is 11.1 Å². The third-order valence-electron chi connectivity index (χ3n) is 5.07. The van der Waals surface area contributed by atoms with E-state index in [4.69, 9.17) is 0 Å². The predicted octanol–water partition coefficient (Wildman–Crippen LogP) is 2.64. The molecule has 0 unspecified atom stereocenters. The number of piperazine rings is 1. The van der Waals surface area contributed by atoms with Crippen LogP contribution in [0.3, 0.4) is 0 Å². The topological polar surface area (TPSA) is 63.1 Å². The molecule has 2 heterocycles. The van der Waals surface area contributed by atoms with Crippen LogP contribution in [0.5, 0.6) is 0 Å². The van der Waals surface area contributed by atoms with Crippen LogP contribution in [0.4, 0.5) is 0 Å². The highest BCUT2D eigenvalue weighted by Crippen LogP contribution is 2.22. The Balaban J connectivity index is 1.37. The average molecular weight is 394 g/mol. The summed E-state index contributed by atoms with van der Waals surface area (Å²) in [5, 5.41) is 6.93. The number of rotatable bonds is 6. The highest BCUT2D eigenvalue weighted by Gasteiger charge is 2.33. The lowest BCUT2D eigenvalue weighted by molar-refractivity contribution is -0.136. The number of hydrogen-bond acceptors (Lipinski definition) is 3. The molecule has 3 aromatic rings. The number of para-hydroxylation sites is 1. The highest BCUT2D eigenvalue weighted by molar-refractivity contribution is 7.98. The van der Waals surface area contributed by atoms with Gasteiger partial charge in [0, 0.05) is 42.1 Å². The second-order valence-corrected chi connectivity index (χ2v) is 8.14. The summed E-state index contributed by atoms with van der Waals surface area (Å²) in [6.07, 6.45) is 2.52. The van der Waals surface area contributed by atoms with Crippen molar-refractivity contribution in [3.63, 3.8) is 0 Å². The molecule has 1 saturated heterocycles. The van der Waals surface area contributed by atoms with Crippen molar-refractivity contribution >= 4 is 34.5 Å². The zero-order valence-corrected chi connectivity index (χ0v) is 16.5. The number of benzene rings is 2. The van der Waals surface area contributed by atoms with Gasteiger partial charge in [0.05, 0.1) is 0 Å². The summed E-state index contributed by atoms with van der Waals surface area (Å²) in [5.41, 5.74) is 3.40. The Morgan fingerprint density at radius 2 is 1.61 bits per heavy atom. The smallest absolute Gasteiger partial charge is 0.244 e. The van der Waals surface area contributed by atoms with Crippen molar-refractivity contribution < 1.29 is 9.59 Å². The molecule has 1 aliphatic rings. The molecule has 0 spiro atoms. The van der Waals surface area contributed by atoms with Gasteiger partial charge in [-0.05, 0) is 17.2 Å². The lowest BCUT2D eigenvalue weighted by Gasteiger charge is -2.29. The van der Waals surface area contributed by atoms with Gasteiger partial charge in [0.25, 0.3) is 0 Å². The summed E-state index contributed by atoms with van der Waals surface area (Å²) in [6, 6.07) is 17.2. The molecule has 0 radical (unpaired) electrons. The van der Waals surface area contributed by atoms with E-state index in [0.29, 0.717) is 12.2 Å². The molecule has 0 saturated carbocycles. The Labute approximate surface area is 168 Å². The van der Waals surface area contributed by atoms with Crippen molar-refractivity contribution in [3.8, 4) is 0 Å². The molecular weight excluding hydrogens is 370 g/mol. The van der Waals surface area contributed by atoms with Gasteiger partial charge in [-0.15, -0.1) is 0 Å². The van der Waals surface area contributed by atoms with Crippen molar-refractivity contribution in [1.29, 1.82) is 0 Å². The fourth-order valence-corrected chi connectivity index (χ4v) is 4.63. The van der Waals surface area contributed by atoms with E-state index >= 15 is 0 Å². The molecule has 1 aliphatic heterocycles. The summed E-state index contributed by atoms with van der Waals surface area (Å²) in [6.45, 7) is 0. The van der Waals surface area contributed by atoms with Crippen LogP contribution >= 0.6 is 11.8 Å². The van der Waals surface area contributed by atoms with Gasteiger partial charge in [0.2, 0.25) is 11.8 Å². The summed E-state index contributed by atoms with van der Waals surface area (Å²) < 4.78 is 2.05. The van der Waals surface area contributed by atoms with E-state index in [2.05, 4.69) is 39.5 Å². The van der Waals surface area contributed by atoms with Crippen molar-refractivity contribution in [1.82, 2.24) is 15.2 Å². The Kier molecular flexibility index (Phi) is 5.39. The lowest BCUT2D eigenvalue weighted by atomic mass is 10.0. The first-order valence-electron chi connectivity index (χ1n) is 9.37. The van der Waals surface area contributed by atoms with E-state index in [1.807, 2.05) is 43.6 Å². The van der Waals surface area contributed by atoms with Gasteiger partial charge in [0.1, 0.15) is 12.1 Å². The molecule has 2 N–H and O–H groups in total. The number of nitrogens with one attached hydrogen (secondary N) is 2. The van der Waals surface area contributed by atoms with E-state index in [0.717, 1.165) is 22.2 Å². The molecule has 0 bridgehead atoms. The minimum absolute atomic E-state index is 0.106. The molecule has 144 valence electrons. The van der Waals surface area contributed by atoms with Gasteiger partial charge in [0.15, 0.2) is 0 Å². The molecule has 0 aliphatic carbocycles. The predicted molar refractivity (Wildman–Crippen MR) is 113 cm³/mol. The number of aryl methyl sites for hydroxylation is 1. The van der Waals surface area contributed by atoms with Crippen LogP contribution < -0.4 is 10.6 Å². The van der Waals surface area contributed by atoms with Crippen molar-refractivity contribution in [3.05, 3.63) is 71.9 Å². The third kappa shape index (κ3) is 3.92. The fourth-order valence-electron chi connectivity index (χ4n) is 3.61. The van der Waals surface area contributed by atoms with Gasteiger partial charge >= 0.3 is 0 Å². The van der Waals surface area contributed by atoms with Gasteiger partial charge in [-0.1, -0.05) is 48.5 Å². The zero-order valence-electron chi connectivity index (χ0n) is 15.7. The standard InChI is InChI=1S/C22H23N3O2S/c1-25-12-16(17-9-5-6-10-20(17)25)11-18-21(26)24-19(22(27)23-18)14-28-13-15-7-3-2-4-8-15/h2-10,12,18-19H,11,13-14H2,1H3,(H,23,27)(H,24,26)/t18-,19-/m1/s1. The van der Waals surface area contributed by atoms with Crippen LogP contribution in [0.2, 0.25) is 0 Å². The van der Waals surface area contributed by atoms with E-state index < -0.39 is 12.1 Å². The number of hydrogen-bond donors (Lipinski definition) is 2. The van der Waals surface area contributed by atoms with Gasteiger partial charge < -0.3 is 15.2 Å². The lowest BCUT2D eigenvalue weighted by Crippen LogP contribution is -2.63. The molecule has 6 heteroatoms. The summed E-state index contributed by atoms with van der Waals surface area (Å²) >= 11 is 1.65. The van der Waals surface area contributed by atoms with E-state index in [9.17, 15) is 9.59 Å². The average Bonchev–Trinajstić information content (AvgIpc) is 3.02. The Morgan fingerprint density at radius 3 is 2.43 bits per heavy atom. The monoisotopic (exact) mass is 393 g/mol. The van der Waals surface area contributed by atoms with E-state index in [-0.39, 0.29) is 11.8 Å². The molecule has 2 aromatic carbocycles. The maximum atomic E-state index is 12.6. The first kappa shape index (κ1) is 18.6. The Bertz CT molecular complexity index is 999. The summed E-state index contributed by atoms with van der Waals surface area (Å²) in [5.74, 6) is 1.16. The number of thioether (sulfide) groups is 1. The van der Waals surface area contributed by atoms with Gasteiger partial charge in [-0.3, -0.25) is 9.59 Å². The van der Waals surface area contributed by atoms with Gasteiger partial charge in [-0.25, -0.2) is 0 Å². The number of nitrogens with zero attached hydrogens (tertiary/aromatic N) is 1. The molecule has 5 nitrogen and oxygen atoms in total. The maximum absolute atomic E-state index is 12.6. The molecule has 4 rings (SSSR count). The highest BCUT2D eigenvalue weighted by atomic mass is 32.2. The van der Waals surface area contributed by atoms with Crippen LogP contribution in [0.15, 0.2) is 60.8 Å². The second-order valence-electron chi connectivity index (χ2n) is 7.11. The van der Waals surface area contributed by atoms with Crippen molar-refractivity contribution in [2.24, 2.45) is 7.05 Å². The normalized spacial score (nSPS) is 19.5. The quantitative estimate of drug-likeness (QED) is 0.677. The zero-order chi connectivity index (χ0) is 19.5. The molecule has 2 atom stereocenters. The molecule has 2 amide bonds. The van der Waals surface area contributed by atoms with Gasteiger partial charge in [-0.2, -0.15) is 11.8 Å². The van der Waals surface area contributed by atoms with Crippen LogP contribution in [-0.2, 0) is 28.8 Å². The maximum Gasteiger partial charge on any atom is 0.244 e. The van der Waals surface area contributed by atoms with Crippen molar-refractivity contribution in [2.45, 2.75) is 24.3 Å². The molecule has 28 heavy (non-hydrogen) atoms. The first-order valence-corrected chi connectivity index (χ1v) is 10.5. The van der Waals surface area contributed by atoms with Crippen molar-refractivity contribution in [2.75, 3.05) is 5.75 Å². The minimum Gasteiger partial charge on any atom is -0.350 e. The number of fused-ring (bicyclic) bond motifs is 1. The fraction of sp³-hybridized carbons (Fsp3) is 0.273. The van der Waals surface area contributed by atoms with Crippen LogP contribution in [0.25, 0.3) is 10.9 Å².